The fourth-order valence-corrected chi connectivity index (χ4v) is 1.31. The highest BCUT2D eigenvalue weighted by Crippen LogP contribution is 1.98. The second kappa shape index (κ2) is 6.27. The topological polar surface area (TPSA) is 59.2 Å². The van der Waals surface area contributed by atoms with E-state index in [1.54, 1.807) is 6.20 Å². The SMILES string of the molecule is CN(CCc1cccnc1)CC(=O)CN. The Morgan fingerprint density at radius 2 is 2.40 bits per heavy atom. The predicted molar refractivity (Wildman–Crippen MR) is 59.5 cm³/mol. The van der Waals surface area contributed by atoms with Crippen molar-refractivity contribution in [1.82, 2.24) is 9.88 Å². The van der Waals surface area contributed by atoms with E-state index in [2.05, 4.69) is 4.98 Å². The number of likely N-dealkylation sites (N-methyl/N-ethyl adjacent to an activating group) is 1. The molecule has 1 aromatic rings. The average molecular weight is 207 g/mol. The van der Waals surface area contributed by atoms with Crippen LogP contribution < -0.4 is 5.73 Å². The molecule has 0 saturated heterocycles. The average Bonchev–Trinajstić information content (AvgIpc) is 2.27. The van der Waals surface area contributed by atoms with Crippen LogP contribution in [0.15, 0.2) is 24.5 Å². The Hall–Kier alpha value is -1.26. The third kappa shape index (κ3) is 4.67. The molecule has 1 heterocycles. The lowest BCUT2D eigenvalue weighted by Crippen LogP contribution is -2.31. The molecular weight excluding hydrogens is 190 g/mol. The molecule has 2 N–H and O–H groups in total. The molecule has 82 valence electrons. The van der Waals surface area contributed by atoms with Crippen LogP contribution in [-0.4, -0.2) is 42.3 Å². The van der Waals surface area contributed by atoms with E-state index in [-0.39, 0.29) is 12.3 Å². The van der Waals surface area contributed by atoms with Gasteiger partial charge >= 0.3 is 0 Å². The molecule has 1 rings (SSSR count). The Balaban J connectivity index is 2.28. The van der Waals surface area contributed by atoms with Crippen molar-refractivity contribution in [2.75, 3.05) is 26.7 Å². The number of nitrogens with two attached hydrogens (primary N) is 1. The molecule has 4 heteroatoms. The molecule has 0 spiro atoms. The molecule has 0 aliphatic heterocycles. The van der Waals surface area contributed by atoms with Crippen molar-refractivity contribution in [1.29, 1.82) is 0 Å². The maximum atomic E-state index is 11.1. The summed E-state index contributed by atoms with van der Waals surface area (Å²) >= 11 is 0. The van der Waals surface area contributed by atoms with E-state index in [9.17, 15) is 4.79 Å². The zero-order chi connectivity index (χ0) is 11.1. The van der Waals surface area contributed by atoms with E-state index >= 15 is 0 Å². The summed E-state index contributed by atoms with van der Waals surface area (Å²) in [5.41, 5.74) is 6.43. The van der Waals surface area contributed by atoms with Gasteiger partial charge in [0.2, 0.25) is 0 Å². The molecule has 0 radical (unpaired) electrons. The first-order valence-corrected chi connectivity index (χ1v) is 5.01. The van der Waals surface area contributed by atoms with Crippen LogP contribution in [0.3, 0.4) is 0 Å². The van der Waals surface area contributed by atoms with Crippen LogP contribution in [0.4, 0.5) is 0 Å². The molecule has 0 unspecified atom stereocenters. The summed E-state index contributed by atoms with van der Waals surface area (Å²) in [7, 11) is 1.92. The summed E-state index contributed by atoms with van der Waals surface area (Å²) in [4.78, 5) is 17.1. The van der Waals surface area contributed by atoms with Gasteiger partial charge in [-0.25, -0.2) is 0 Å². The lowest BCUT2D eigenvalue weighted by atomic mass is 10.2. The van der Waals surface area contributed by atoms with Crippen molar-refractivity contribution in [3.63, 3.8) is 0 Å². The first kappa shape index (κ1) is 11.8. The molecule has 0 saturated carbocycles. The second-order valence-electron chi connectivity index (χ2n) is 3.59. The fourth-order valence-electron chi connectivity index (χ4n) is 1.31. The van der Waals surface area contributed by atoms with Gasteiger partial charge in [-0.05, 0) is 25.1 Å². The summed E-state index contributed by atoms with van der Waals surface area (Å²) in [5.74, 6) is 0.0729. The standard InChI is InChI=1S/C11H17N3O/c1-14(9-11(15)7-12)6-4-10-3-2-5-13-8-10/h2-3,5,8H,4,6-7,9,12H2,1H3. The van der Waals surface area contributed by atoms with E-state index in [1.807, 2.05) is 30.3 Å². The number of hydrogen-bond donors (Lipinski definition) is 1. The minimum atomic E-state index is 0.0729. The van der Waals surface area contributed by atoms with Crippen molar-refractivity contribution in [3.05, 3.63) is 30.1 Å². The smallest absolute Gasteiger partial charge is 0.160 e. The van der Waals surface area contributed by atoms with Crippen LogP contribution >= 0.6 is 0 Å². The van der Waals surface area contributed by atoms with E-state index in [4.69, 9.17) is 5.73 Å². The molecule has 0 atom stereocenters. The normalized spacial score (nSPS) is 10.6. The summed E-state index contributed by atoms with van der Waals surface area (Å²) < 4.78 is 0. The van der Waals surface area contributed by atoms with Gasteiger partial charge in [0.1, 0.15) is 0 Å². The molecule has 15 heavy (non-hydrogen) atoms. The molecule has 1 aromatic heterocycles. The maximum Gasteiger partial charge on any atom is 0.160 e. The van der Waals surface area contributed by atoms with E-state index in [0.717, 1.165) is 13.0 Å². The monoisotopic (exact) mass is 207 g/mol. The van der Waals surface area contributed by atoms with Gasteiger partial charge in [0, 0.05) is 18.9 Å². The second-order valence-corrected chi connectivity index (χ2v) is 3.59. The molecule has 0 amide bonds. The van der Waals surface area contributed by atoms with E-state index in [0.29, 0.717) is 6.54 Å². The van der Waals surface area contributed by atoms with Gasteiger partial charge in [-0.15, -0.1) is 0 Å². The minimum Gasteiger partial charge on any atom is -0.324 e. The maximum absolute atomic E-state index is 11.1. The third-order valence-corrected chi connectivity index (χ3v) is 2.18. The van der Waals surface area contributed by atoms with Crippen LogP contribution in [0.25, 0.3) is 0 Å². The van der Waals surface area contributed by atoms with Crippen LogP contribution in [0.2, 0.25) is 0 Å². The van der Waals surface area contributed by atoms with Crippen molar-refractivity contribution in [2.24, 2.45) is 5.73 Å². The van der Waals surface area contributed by atoms with Crippen molar-refractivity contribution in [3.8, 4) is 0 Å². The zero-order valence-corrected chi connectivity index (χ0v) is 9.02. The Morgan fingerprint density at radius 1 is 1.60 bits per heavy atom. The highest BCUT2D eigenvalue weighted by Gasteiger charge is 2.04. The highest BCUT2D eigenvalue weighted by atomic mass is 16.1. The lowest BCUT2D eigenvalue weighted by molar-refractivity contribution is -0.118. The molecule has 0 fully saturated rings. The summed E-state index contributed by atoms with van der Waals surface area (Å²) in [5, 5.41) is 0. The van der Waals surface area contributed by atoms with Crippen LogP contribution in [0.1, 0.15) is 5.56 Å². The minimum absolute atomic E-state index is 0.0729. The number of ketones is 1. The quantitative estimate of drug-likeness (QED) is 0.718. The Morgan fingerprint density at radius 3 is 3.00 bits per heavy atom. The lowest BCUT2D eigenvalue weighted by Gasteiger charge is -2.14. The van der Waals surface area contributed by atoms with Crippen LogP contribution in [0, 0.1) is 0 Å². The Kier molecular flexibility index (Phi) is 4.93. The number of nitrogens with zero attached hydrogens (tertiary/aromatic N) is 2. The van der Waals surface area contributed by atoms with Gasteiger partial charge in [-0.2, -0.15) is 0 Å². The number of pyridine rings is 1. The zero-order valence-electron chi connectivity index (χ0n) is 9.02. The van der Waals surface area contributed by atoms with Gasteiger partial charge in [-0.3, -0.25) is 14.7 Å². The summed E-state index contributed by atoms with van der Waals surface area (Å²) in [6, 6.07) is 3.95. The molecule has 0 aliphatic carbocycles. The van der Waals surface area contributed by atoms with Gasteiger partial charge in [-0.1, -0.05) is 6.07 Å². The summed E-state index contributed by atoms with van der Waals surface area (Å²) in [6.45, 7) is 1.39. The van der Waals surface area contributed by atoms with Gasteiger partial charge in [0.05, 0.1) is 13.1 Å². The Labute approximate surface area is 90.1 Å². The predicted octanol–water partition coefficient (Wildman–Crippen LogP) is 0.0837. The summed E-state index contributed by atoms with van der Waals surface area (Å²) in [6.07, 6.45) is 4.51. The van der Waals surface area contributed by atoms with E-state index in [1.165, 1.54) is 5.56 Å². The molecule has 0 aromatic carbocycles. The Bertz CT molecular complexity index is 300. The fraction of sp³-hybridized carbons (Fsp3) is 0.455. The molecular formula is C11H17N3O. The van der Waals surface area contributed by atoms with Crippen LogP contribution in [-0.2, 0) is 11.2 Å². The highest BCUT2D eigenvalue weighted by molar-refractivity contribution is 5.82. The van der Waals surface area contributed by atoms with Gasteiger partial charge < -0.3 is 5.73 Å². The first-order valence-electron chi connectivity index (χ1n) is 5.01. The number of rotatable bonds is 6. The number of hydrogen-bond acceptors (Lipinski definition) is 4. The largest absolute Gasteiger partial charge is 0.324 e. The number of Topliss-reactive ketones (excluding diaryl/α,β-unsaturated/α-hetero) is 1. The third-order valence-electron chi connectivity index (χ3n) is 2.18. The van der Waals surface area contributed by atoms with Crippen LogP contribution in [0.5, 0.6) is 0 Å². The number of carbonyl (C=O) groups excluding carboxylic acids is 1. The number of aromatic nitrogens is 1. The molecule has 0 aliphatic rings. The number of carbonyl (C=O) groups is 1. The van der Waals surface area contributed by atoms with Crippen molar-refractivity contribution >= 4 is 5.78 Å². The van der Waals surface area contributed by atoms with E-state index < -0.39 is 0 Å². The van der Waals surface area contributed by atoms with Gasteiger partial charge in [0.25, 0.3) is 0 Å². The van der Waals surface area contributed by atoms with Crippen molar-refractivity contribution in [2.45, 2.75) is 6.42 Å². The van der Waals surface area contributed by atoms with Gasteiger partial charge in [0.15, 0.2) is 5.78 Å². The molecule has 0 bridgehead atoms. The van der Waals surface area contributed by atoms with Crippen molar-refractivity contribution < 1.29 is 4.79 Å². The first-order chi connectivity index (χ1) is 7.22. The molecule has 4 nitrogen and oxygen atoms in total.